The number of rotatable bonds is 18. The Morgan fingerprint density at radius 3 is 2.43 bits per heavy atom. The number of nitrogens with one attached hydrogen (secondary N) is 1. The number of benzene rings is 1. The lowest BCUT2D eigenvalue weighted by molar-refractivity contribution is -0.758. The number of amides is 3. The number of nitrogens with zero attached hydrogens (tertiary/aromatic N) is 3. The van der Waals surface area contributed by atoms with Crippen molar-refractivity contribution in [2.75, 3.05) is 46.6 Å². The number of hydrogen-bond donors (Lipinski definition) is 2. The smallest absolute Gasteiger partial charge is 0.327 e. The van der Waals surface area contributed by atoms with E-state index in [-0.39, 0.29) is 33.0 Å². The van der Waals surface area contributed by atoms with Gasteiger partial charge in [-0.15, -0.1) is 10.1 Å². The molecule has 0 aliphatic carbocycles. The van der Waals surface area contributed by atoms with E-state index < -0.39 is 41.8 Å². The van der Waals surface area contributed by atoms with E-state index in [0.29, 0.717) is 12.8 Å². The van der Waals surface area contributed by atoms with Crippen molar-refractivity contribution in [1.29, 1.82) is 0 Å². The highest BCUT2D eigenvalue weighted by Gasteiger charge is 2.31. The number of ether oxygens (including phenoxy) is 2. The SMILES string of the molecule is CCN(C)C(=O)N(CC(=O)OCCOCCO[N+](=O)[O-])C(=O)C(C)NC(CCc1ccccc1)OOO. The molecule has 0 radical (unpaired) electrons. The summed E-state index contributed by atoms with van der Waals surface area (Å²) in [5, 5.41) is 24.5. The fraction of sp³-hybridized carbons (Fsp3) is 0.591. The molecule has 15 nitrogen and oxygen atoms in total. The van der Waals surface area contributed by atoms with Gasteiger partial charge in [-0.2, -0.15) is 4.89 Å². The highest BCUT2D eigenvalue weighted by molar-refractivity contribution is 5.99. The Kier molecular flexibility index (Phi) is 15.4. The second-order valence-electron chi connectivity index (χ2n) is 7.68. The van der Waals surface area contributed by atoms with Crippen molar-refractivity contribution in [2.24, 2.45) is 0 Å². The van der Waals surface area contributed by atoms with Gasteiger partial charge in [0, 0.05) is 13.6 Å². The lowest BCUT2D eigenvalue weighted by atomic mass is 10.1. The highest BCUT2D eigenvalue weighted by atomic mass is 17.5. The van der Waals surface area contributed by atoms with Crippen molar-refractivity contribution >= 4 is 17.9 Å². The first-order valence-corrected chi connectivity index (χ1v) is 11.5. The highest BCUT2D eigenvalue weighted by Crippen LogP contribution is 2.09. The van der Waals surface area contributed by atoms with Crippen LogP contribution in [0.2, 0.25) is 0 Å². The summed E-state index contributed by atoms with van der Waals surface area (Å²) in [6.45, 7) is 2.16. The molecule has 1 aromatic rings. The Hall–Kier alpha value is -3.37. The first kappa shape index (κ1) is 31.7. The molecule has 0 bridgehead atoms. The second-order valence-corrected chi connectivity index (χ2v) is 7.68. The first-order valence-electron chi connectivity index (χ1n) is 11.5. The van der Waals surface area contributed by atoms with E-state index >= 15 is 0 Å². The molecule has 0 aliphatic rings. The second kappa shape index (κ2) is 18.0. The number of esters is 1. The molecule has 0 spiro atoms. The fourth-order valence-corrected chi connectivity index (χ4v) is 2.98. The maximum Gasteiger partial charge on any atom is 0.327 e. The molecule has 37 heavy (non-hydrogen) atoms. The average molecular weight is 531 g/mol. The lowest BCUT2D eigenvalue weighted by Crippen LogP contribution is -2.55. The van der Waals surface area contributed by atoms with E-state index in [2.05, 4.69) is 15.2 Å². The summed E-state index contributed by atoms with van der Waals surface area (Å²) in [4.78, 5) is 59.1. The molecule has 0 saturated heterocycles. The summed E-state index contributed by atoms with van der Waals surface area (Å²) >= 11 is 0. The standard InChI is InChI=1S/C22H34N4O11/c1-4-24(3)22(29)25(16-20(27)34-14-12-33-13-15-35-26(30)31)21(28)17(2)23-19(36-37-32)11-10-18-8-6-5-7-9-18/h5-9,17,19,23,32H,4,10-16H2,1-3H3. The minimum absolute atomic E-state index is 0.0663. The van der Waals surface area contributed by atoms with E-state index in [1.54, 1.807) is 6.92 Å². The largest absolute Gasteiger partial charge is 0.462 e. The molecule has 2 N–H and O–H groups in total. The van der Waals surface area contributed by atoms with Crippen LogP contribution in [0.3, 0.4) is 0 Å². The summed E-state index contributed by atoms with van der Waals surface area (Å²) in [5.74, 6) is -1.60. The van der Waals surface area contributed by atoms with E-state index in [4.69, 9.17) is 19.6 Å². The van der Waals surface area contributed by atoms with E-state index in [1.165, 1.54) is 18.9 Å². The van der Waals surface area contributed by atoms with E-state index in [0.717, 1.165) is 10.5 Å². The molecule has 0 fully saturated rings. The normalized spacial score (nSPS) is 12.3. The topological polar surface area (TPSA) is 179 Å². The quantitative estimate of drug-likeness (QED) is 0.0688. The molecule has 1 aromatic carbocycles. The van der Waals surface area contributed by atoms with Crippen LogP contribution in [0, 0.1) is 10.1 Å². The van der Waals surface area contributed by atoms with Crippen molar-refractivity contribution in [1.82, 2.24) is 15.1 Å². The van der Waals surface area contributed by atoms with Crippen LogP contribution in [0.25, 0.3) is 0 Å². The number of imide groups is 1. The van der Waals surface area contributed by atoms with Crippen LogP contribution in [0.1, 0.15) is 25.8 Å². The zero-order valence-corrected chi connectivity index (χ0v) is 21.1. The molecule has 208 valence electrons. The van der Waals surface area contributed by atoms with Crippen molar-refractivity contribution < 1.29 is 49.0 Å². The Balaban J connectivity index is 2.69. The molecule has 2 unspecified atom stereocenters. The molecule has 1 rings (SSSR count). The number of carbonyl (C=O) groups is 3. The maximum atomic E-state index is 13.1. The van der Waals surface area contributed by atoms with Crippen LogP contribution in [-0.2, 0) is 40.2 Å². The van der Waals surface area contributed by atoms with Gasteiger partial charge in [-0.1, -0.05) is 35.4 Å². The molecular weight excluding hydrogens is 496 g/mol. The molecule has 3 amide bonds. The van der Waals surface area contributed by atoms with Crippen LogP contribution in [0.15, 0.2) is 30.3 Å². The third kappa shape index (κ3) is 12.9. The maximum absolute atomic E-state index is 13.1. The molecular formula is C22H34N4O11. The van der Waals surface area contributed by atoms with Crippen molar-refractivity contribution in [3.05, 3.63) is 46.0 Å². The summed E-state index contributed by atoms with van der Waals surface area (Å²) < 4.78 is 10.0. The Bertz CT molecular complexity index is 843. The van der Waals surface area contributed by atoms with Crippen molar-refractivity contribution in [3.8, 4) is 0 Å². The van der Waals surface area contributed by atoms with Gasteiger partial charge in [0.25, 0.3) is 5.09 Å². The van der Waals surface area contributed by atoms with Gasteiger partial charge in [0.2, 0.25) is 5.91 Å². The average Bonchev–Trinajstić information content (AvgIpc) is 2.89. The van der Waals surface area contributed by atoms with Crippen LogP contribution in [-0.4, -0.2) is 96.9 Å². The van der Waals surface area contributed by atoms with Crippen molar-refractivity contribution in [2.45, 2.75) is 39.0 Å². The van der Waals surface area contributed by atoms with Crippen LogP contribution >= 0.6 is 0 Å². The van der Waals surface area contributed by atoms with Crippen LogP contribution in [0.4, 0.5) is 4.79 Å². The molecule has 0 aliphatic heterocycles. The summed E-state index contributed by atoms with van der Waals surface area (Å²) in [5.41, 5.74) is 0.994. The third-order valence-corrected chi connectivity index (χ3v) is 5.00. The summed E-state index contributed by atoms with van der Waals surface area (Å²) in [6, 6.07) is 7.70. The summed E-state index contributed by atoms with van der Waals surface area (Å²) in [7, 11) is 1.47. The van der Waals surface area contributed by atoms with Gasteiger partial charge >= 0.3 is 12.0 Å². The zero-order valence-electron chi connectivity index (χ0n) is 21.1. The molecule has 0 saturated carbocycles. The van der Waals surface area contributed by atoms with Gasteiger partial charge in [-0.3, -0.25) is 19.8 Å². The predicted molar refractivity (Wildman–Crippen MR) is 126 cm³/mol. The molecule has 2 atom stereocenters. The van der Waals surface area contributed by atoms with Gasteiger partial charge in [0.15, 0.2) is 0 Å². The van der Waals surface area contributed by atoms with Gasteiger partial charge in [-0.25, -0.2) is 10.1 Å². The van der Waals surface area contributed by atoms with Crippen LogP contribution in [0.5, 0.6) is 0 Å². The number of hydrogen-bond acceptors (Lipinski definition) is 12. The molecule has 0 aromatic heterocycles. The van der Waals surface area contributed by atoms with Gasteiger partial charge in [-0.05, 0) is 32.3 Å². The molecule has 15 heteroatoms. The molecule has 0 heterocycles. The lowest BCUT2D eigenvalue weighted by Gasteiger charge is -2.29. The number of carbonyl (C=O) groups excluding carboxylic acids is 3. The van der Waals surface area contributed by atoms with E-state index in [9.17, 15) is 24.5 Å². The minimum Gasteiger partial charge on any atom is -0.462 e. The minimum atomic E-state index is -1.01. The Morgan fingerprint density at radius 2 is 1.81 bits per heavy atom. The monoisotopic (exact) mass is 530 g/mol. The Labute approximate surface area is 214 Å². The van der Waals surface area contributed by atoms with Gasteiger partial charge < -0.3 is 19.2 Å². The number of aryl methyl sites for hydroxylation is 1. The fourth-order valence-electron chi connectivity index (χ4n) is 2.98. The summed E-state index contributed by atoms with van der Waals surface area (Å²) in [6.07, 6.45) is -0.0514. The van der Waals surface area contributed by atoms with Gasteiger partial charge in [0.05, 0.1) is 19.3 Å². The zero-order chi connectivity index (χ0) is 27.6. The number of urea groups is 1. The van der Waals surface area contributed by atoms with Crippen LogP contribution < -0.4 is 5.32 Å². The predicted octanol–water partition coefficient (Wildman–Crippen LogP) is 1.01. The van der Waals surface area contributed by atoms with Crippen molar-refractivity contribution in [3.63, 3.8) is 0 Å². The Morgan fingerprint density at radius 1 is 1.14 bits per heavy atom. The third-order valence-electron chi connectivity index (χ3n) is 5.00. The first-order chi connectivity index (χ1) is 17.7. The van der Waals surface area contributed by atoms with Gasteiger partial charge in [0.1, 0.15) is 26.0 Å². The van der Waals surface area contributed by atoms with E-state index in [1.807, 2.05) is 30.3 Å².